The third-order valence-corrected chi connectivity index (χ3v) is 5.59. The highest BCUT2D eigenvalue weighted by molar-refractivity contribution is 7.90. The van der Waals surface area contributed by atoms with Crippen LogP contribution in [0.15, 0.2) is 0 Å². The molecule has 0 aromatic carbocycles. The highest BCUT2D eigenvalue weighted by Gasteiger charge is 2.35. The van der Waals surface area contributed by atoms with Gasteiger partial charge in [-0.25, -0.2) is 8.42 Å². The number of fused-ring (bicyclic) bond motifs is 1. The van der Waals surface area contributed by atoms with E-state index in [1.807, 2.05) is 0 Å². The molecule has 0 saturated carbocycles. The maximum Gasteiger partial charge on any atom is 0.223 e. The van der Waals surface area contributed by atoms with E-state index >= 15 is 0 Å². The van der Waals surface area contributed by atoms with Crippen molar-refractivity contribution in [2.24, 2.45) is 5.92 Å². The Morgan fingerprint density at radius 3 is 2.64 bits per heavy atom. The van der Waals surface area contributed by atoms with E-state index in [0.717, 1.165) is 19.5 Å². The Morgan fingerprint density at radius 1 is 1.27 bits per heavy atom. The van der Waals surface area contributed by atoms with E-state index in [9.17, 15) is 13.2 Å². The summed E-state index contributed by atoms with van der Waals surface area (Å²) in [5, 5.41) is 0. The van der Waals surface area contributed by atoms with E-state index in [-0.39, 0.29) is 24.2 Å². The summed E-state index contributed by atoms with van der Waals surface area (Å²) in [7, 11) is -3.09. The van der Waals surface area contributed by atoms with Gasteiger partial charge in [0.25, 0.3) is 0 Å². The minimum Gasteiger partial charge on any atom is -0.375 e. The molecular weight excluding hydrogens is 304 g/mol. The Hall–Kier alpha value is -0.660. The number of sulfone groups is 1. The zero-order chi connectivity index (χ0) is 16.3. The fourth-order valence-corrected chi connectivity index (χ4v) is 3.75. The summed E-state index contributed by atoms with van der Waals surface area (Å²) in [5.74, 6) is 0.319. The van der Waals surface area contributed by atoms with Crippen molar-refractivity contribution in [2.45, 2.75) is 38.8 Å². The number of carbonyl (C=O) groups is 1. The molecule has 7 heteroatoms. The van der Waals surface area contributed by atoms with Gasteiger partial charge in [0.05, 0.1) is 18.5 Å². The van der Waals surface area contributed by atoms with E-state index in [1.165, 1.54) is 6.26 Å². The summed E-state index contributed by atoms with van der Waals surface area (Å²) in [5.41, 5.74) is 0. The Morgan fingerprint density at radius 2 is 2.00 bits per heavy atom. The zero-order valence-electron chi connectivity index (χ0n) is 13.8. The smallest absolute Gasteiger partial charge is 0.223 e. The van der Waals surface area contributed by atoms with Gasteiger partial charge in [-0.2, -0.15) is 0 Å². The van der Waals surface area contributed by atoms with Gasteiger partial charge in [0.15, 0.2) is 0 Å². The highest BCUT2D eigenvalue weighted by Crippen LogP contribution is 2.25. The predicted octanol–water partition coefficient (Wildman–Crippen LogP) is 0.379. The van der Waals surface area contributed by atoms with Crippen LogP contribution in [-0.4, -0.2) is 81.1 Å². The molecule has 2 saturated heterocycles. The normalized spacial score (nSPS) is 27.5. The molecule has 2 unspecified atom stereocenters. The van der Waals surface area contributed by atoms with E-state index in [1.54, 1.807) is 4.90 Å². The minimum atomic E-state index is -3.09. The Labute approximate surface area is 133 Å². The first kappa shape index (κ1) is 17.7. The van der Waals surface area contributed by atoms with Crippen molar-refractivity contribution in [3.05, 3.63) is 0 Å². The fourth-order valence-electron chi connectivity index (χ4n) is 3.20. The number of ether oxygens (including phenoxy) is 1. The quantitative estimate of drug-likeness (QED) is 0.744. The molecule has 0 aliphatic carbocycles. The van der Waals surface area contributed by atoms with Crippen LogP contribution in [0.5, 0.6) is 0 Å². The first-order chi connectivity index (χ1) is 10.3. The number of rotatable bonds is 4. The average molecular weight is 332 g/mol. The molecule has 0 radical (unpaired) electrons. The van der Waals surface area contributed by atoms with Crippen molar-refractivity contribution in [3.8, 4) is 0 Å². The monoisotopic (exact) mass is 332 g/mol. The molecule has 0 N–H and O–H groups in total. The van der Waals surface area contributed by atoms with Crippen molar-refractivity contribution < 1.29 is 17.9 Å². The number of hydrogen-bond acceptors (Lipinski definition) is 5. The van der Waals surface area contributed by atoms with Gasteiger partial charge in [0.2, 0.25) is 5.91 Å². The molecular formula is C15H28N2O4S. The standard InChI is InChI=1S/C15H28N2O4S/c1-12(2)16-7-8-21-14-11-17(6-4-13(14)10-16)15(18)5-9-22(3,19)20/h12-14H,4-11H2,1-3H3. The number of hydrogen-bond donors (Lipinski definition) is 0. The largest absolute Gasteiger partial charge is 0.375 e. The number of nitrogens with zero attached hydrogens (tertiary/aromatic N) is 2. The SMILES string of the molecule is CC(C)N1CCOC2CN(C(=O)CCS(C)(=O)=O)CCC2C1. The van der Waals surface area contributed by atoms with Crippen LogP contribution in [-0.2, 0) is 19.4 Å². The van der Waals surface area contributed by atoms with Crippen LogP contribution in [0, 0.1) is 5.92 Å². The molecule has 0 aromatic heterocycles. The molecule has 22 heavy (non-hydrogen) atoms. The summed E-state index contributed by atoms with van der Waals surface area (Å²) in [4.78, 5) is 16.4. The molecule has 128 valence electrons. The van der Waals surface area contributed by atoms with Gasteiger partial charge < -0.3 is 9.64 Å². The molecule has 0 bridgehead atoms. The topological polar surface area (TPSA) is 66.9 Å². The Kier molecular flexibility index (Phi) is 5.85. The van der Waals surface area contributed by atoms with Crippen molar-refractivity contribution in [3.63, 3.8) is 0 Å². The second-order valence-corrected chi connectivity index (χ2v) is 9.03. The lowest BCUT2D eigenvalue weighted by Crippen LogP contribution is -2.49. The molecule has 2 heterocycles. The molecule has 6 nitrogen and oxygen atoms in total. The third-order valence-electron chi connectivity index (χ3n) is 4.65. The highest BCUT2D eigenvalue weighted by atomic mass is 32.2. The Bertz CT molecular complexity index is 492. The number of likely N-dealkylation sites (tertiary alicyclic amines) is 1. The summed E-state index contributed by atoms with van der Waals surface area (Å²) in [6.07, 6.45) is 2.26. The molecule has 2 atom stereocenters. The van der Waals surface area contributed by atoms with Crippen LogP contribution in [0.4, 0.5) is 0 Å². The lowest BCUT2D eigenvalue weighted by molar-refractivity contribution is -0.136. The molecule has 2 aliphatic rings. The maximum atomic E-state index is 12.2. The number of piperidine rings is 1. The first-order valence-corrected chi connectivity index (χ1v) is 10.1. The van der Waals surface area contributed by atoms with E-state index < -0.39 is 9.84 Å². The molecule has 0 spiro atoms. The predicted molar refractivity (Wildman–Crippen MR) is 85.5 cm³/mol. The fraction of sp³-hybridized carbons (Fsp3) is 0.933. The third kappa shape index (κ3) is 4.93. The summed E-state index contributed by atoms with van der Waals surface area (Å²) >= 11 is 0. The van der Waals surface area contributed by atoms with Gasteiger partial charge in [-0.1, -0.05) is 0 Å². The van der Waals surface area contributed by atoms with Crippen LogP contribution in [0.1, 0.15) is 26.7 Å². The van der Waals surface area contributed by atoms with E-state index in [0.29, 0.717) is 31.7 Å². The molecule has 2 rings (SSSR count). The number of carbonyl (C=O) groups excluding carboxylic acids is 1. The van der Waals surface area contributed by atoms with Gasteiger partial charge in [0.1, 0.15) is 9.84 Å². The van der Waals surface area contributed by atoms with Crippen LogP contribution < -0.4 is 0 Å². The zero-order valence-corrected chi connectivity index (χ0v) is 14.6. The molecule has 0 aromatic rings. The van der Waals surface area contributed by atoms with Crippen molar-refractivity contribution in [1.29, 1.82) is 0 Å². The van der Waals surface area contributed by atoms with Gasteiger partial charge in [-0.3, -0.25) is 9.69 Å². The van der Waals surface area contributed by atoms with Crippen LogP contribution in [0.3, 0.4) is 0 Å². The molecule has 1 amide bonds. The molecule has 2 aliphatic heterocycles. The van der Waals surface area contributed by atoms with Crippen LogP contribution in [0.2, 0.25) is 0 Å². The minimum absolute atomic E-state index is 0.0710. The van der Waals surface area contributed by atoms with Crippen LogP contribution >= 0.6 is 0 Å². The summed E-state index contributed by atoms with van der Waals surface area (Å²) < 4.78 is 28.3. The van der Waals surface area contributed by atoms with Gasteiger partial charge in [0, 0.05) is 50.8 Å². The maximum absolute atomic E-state index is 12.2. The van der Waals surface area contributed by atoms with Crippen molar-refractivity contribution in [2.75, 3.05) is 44.8 Å². The second kappa shape index (κ2) is 7.27. The van der Waals surface area contributed by atoms with E-state index in [4.69, 9.17) is 4.74 Å². The second-order valence-electron chi connectivity index (χ2n) is 6.77. The molecule has 2 fully saturated rings. The summed E-state index contributed by atoms with van der Waals surface area (Å²) in [6.45, 7) is 8.36. The first-order valence-electron chi connectivity index (χ1n) is 8.07. The van der Waals surface area contributed by atoms with Crippen LogP contribution in [0.25, 0.3) is 0 Å². The van der Waals surface area contributed by atoms with E-state index in [2.05, 4.69) is 18.7 Å². The average Bonchev–Trinajstić information content (AvgIpc) is 2.65. The number of amides is 1. The van der Waals surface area contributed by atoms with Crippen molar-refractivity contribution in [1.82, 2.24) is 9.80 Å². The lowest BCUT2D eigenvalue weighted by Gasteiger charge is -2.38. The Balaban J connectivity index is 1.90. The lowest BCUT2D eigenvalue weighted by atomic mass is 9.93. The van der Waals surface area contributed by atoms with Gasteiger partial charge in [-0.05, 0) is 20.3 Å². The summed E-state index contributed by atoms with van der Waals surface area (Å²) in [6, 6.07) is 0.511. The van der Waals surface area contributed by atoms with Gasteiger partial charge >= 0.3 is 0 Å². The van der Waals surface area contributed by atoms with Gasteiger partial charge in [-0.15, -0.1) is 0 Å². The van der Waals surface area contributed by atoms with Crippen molar-refractivity contribution >= 4 is 15.7 Å².